The van der Waals surface area contributed by atoms with Gasteiger partial charge >= 0.3 is 0 Å². The number of nitrogens with zero attached hydrogens (tertiary/aromatic N) is 5. The average molecular weight is 412 g/mol. The van der Waals surface area contributed by atoms with E-state index in [-0.39, 0.29) is 11.6 Å². The van der Waals surface area contributed by atoms with E-state index in [0.29, 0.717) is 23.2 Å². The molecule has 0 aliphatic carbocycles. The van der Waals surface area contributed by atoms with E-state index in [2.05, 4.69) is 25.5 Å². The van der Waals surface area contributed by atoms with Gasteiger partial charge in [-0.05, 0) is 49.6 Å². The molecule has 1 aromatic carbocycles. The van der Waals surface area contributed by atoms with Crippen LogP contribution in [-0.4, -0.2) is 30.8 Å². The lowest BCUT2D eigenvalue weighted by molar-refractivity contribution is 0.0896. The second-order valence-corrected chi connectivity index (χ2v) is 7.79. The number of nitrogens with one attached hydrogen (secondary N) is 1. The predicted molar refractivity (Wildman–Crippen MR) is 104 cm³/mol. The molecule has 0 radical (unpaired) electrons. The molecule has 10 heteroatoms. The largest absolute Gasteiger partial charge is 0.340 e. The summed E-state index contributed by atoms with van der Waals surface area (Å²) in [5.41, 5.74) is -0.298. The Bertz CT molecular complexity index is 1150. The first kappa shape index (κ1) is 18.9. The summed E-state index contributed by atoms with van der Waals surface area (Å²) in [6.45, 7) is 5.19. The van der Waals surface area contributed by atoms with E-state index in [0.717, 1.165) is 4.88 Å². The third kappa shape index (κ3) is 3.79. The van der Waals surface area contributed by atoms with Crippen LogP contribution in [-0.2, 0) is 5.54 Å². The molecule has 0 atom stereocenters. The summed E-state index contributed by atoms with van der Waals surface area (Å²) >= 11 is 1.46. The molecular formula is C19H17FN6O2S. The van der Waals surface area contributed by atoms with Crippen molar-refractivity contribution in [1.82, 2.24) is 30.2 Å². The Kier molecular flexibility index (Phi) is 4.71. The predicted octanol–water partition coefficient (Wildman–Crippen LogP) is 3.49. The third-order valence-electron chi connectivity index (χ3n) is 4.14. The van der Waals surface area contributed by atoms with E-state index in [9.17, 15) is 9.18 Å². The van der Waals surface area contributed by atoms with Crippen molar-refractivity contribution in [2.45, 2.75) is 26.3 Å². The molecule has 3 heterocycles. The second kappa shape index (κ2) is 7.21. The first-order valence-electron chi connectivity index (χ1n) is 8.74. The van der Waals surface area contributed by atoms with Crippen LogP contribution in [0.1, 0.15) is 36.2 Å². The summed E-state index contributed by atoms with van der Waals surface area (Å²) in [6.07, 6.45) is 0. The fourth-order valence-electron chi connectivity index (χ4n) is 2.68. The van der Waals surface area contributed by atoms with Crippen LogP contribution in [0, 0.1) is 12.7 Å². The Morgan fingerprint density at radius 3 is 2.59 bits per heavy atom. The highest BCUT2D eigenvalue weighted by Gasteiger charge is 2.30. The number of aromatic nitrogens is 5. The Morgan fingerprint density at radius 2 is 1.97 bits per heavy atom. The van der Waals surface area contributed by atoms with E-state index in [1.165, 1.54) is 28.2 Å². The van der Waals surface area contributed by atoms with E-state index < -0.39 is 11.4 Å². The van der Waals surface area contributed by atoms with Gasteiger partial charge in [-0.15, -0.1) is 16.4 Å². The summed E-state index contributed by atoms with van der Waals surface area (Å²) in [6, 6.07) is 9.57. The summed E-state index contributed by atoms with van der Waals surface area (Å²) in [5.74, 6) is 0.370. The van der Waals surface area contributed by atoms with Gasteiger partial charge in [0, 0.05) is 6.92 Å². The molecule has 0 unspecified atom stereocenters. The van der Waals surface area contributed by atoms with Crippen molar-refractivity contribution in [3.63, 3.8) is 0 Å². The van der Waals surface area contributed by atoms with Gasteiger partial charge in [-0.1, -0.05) is 11.2 Å². The Balaban J connectivity index is 1.70. The number of halogens is 1. The number of benzene rings is 1. The van der Waals surface area contributed by atoms with Crippen molar-refractivity contribution in [2.24, 2.45) is 0 Å². The van der Waals surface area contributed by atoms with Crippen molar-refractivity contribution in [2.75, 3.05) is 0 Å². The summed E-state index contributed by atoms with van der Waals surface area (Å²) in [5, 5.41) is 13.0. The van der Waals surface area contributed by atoms with Gasteiger partial charge in [0.25, 0.3) is 5.91 Å². The zero-order chi connectivity index (χ0) is 20.6. The van der Waals surface area contributed by atoms with Gasteiger partial charge in [0.1, 0.15) is 5.82 Å². The number of rotatable bonds is 5. The first-order chi connectivity index (χ1) is 13.8. The quantitative estimate of drug-likeness (QED) is 0.539. The molecule has 0 bridgehead atoms. The highest BCUT2D eigenvalue weighted by molar-refractivity contribution is 7.13. The van der Waals surface area contributed by atoms with E-state index in [1.54, 1.807) is 32.9 Å². The molecule has 0 aliphatic rings. The van der Waals surface area contributed by atoms with Crippen LogP contribution in [0.25, 0.3) is 16.4 Å². The Labute approximate surface area is 169 Å². The van der Waals surface area contributed by atoms with Gasteiger partial charge in [-0.25, -0.2) is 14.1 Å². The molecule has 3 aromatic heterocycles. The maximum atomic E-state index is 13.3. The van der Waals surface area contributed by atoms with Crippen LogP contribution >= 0.6 is 11.3 Å². The van der Waals surface area contributed by atoms with Crippen molar-refractivity contribution in [3.05, 3.63) is 65.1 Å². The van der Waals surface area contributed by atoms with Crippen LogP contribution in [0.2, 0.25) is 0 Å². The van der Waals surface area contributed by atoms with Crippen LogP contribution in [0.4, 0.5) is 4.39 Å². The van der Waals surface area contributed by atoms with E-state index in [4.69, 9.17) is 4.52 Å². The zero-order valence-corrected chi connectivity index (χ0v) is 16.7. The molecule has 0 saturated heterocycles. The highest BCUT2D eigenvalue weighted by atomic mass is 32.1. The van der Waals surface area contributed by atoms with Crippen LogP contribution in [0.3, 0.4) is 0 Å². The lowest BCUT2D eigenvalue weighted by Gasteiger charge is -2.21. The minimum absolute atomic E-state index is 0.0222. The minimum Gasteiger partial charge on any atom is -0.340 e. The molecular weight excluding hydrogens is 395 g/mol. The fourth-order valence-corrected chi connectivity index (χ4v) is 3.38. The van der Waals surface area contributed by atoms with E-state index >= 15 is 0 Å². The number of aryl methyl sites for hydroxylation is 1. The summed E-state index contributed by atoms with van der Waals surface area (Å²) in [7, 11) is 0. The van der Waals surface area contributed by atoms with Gasteiger partial charge < -0.3 is 9.84 Å². The lowest BCUT2D eigenvalue weighted by Crippen LogP contribution is -2.42. The minimum atomic E-state index is -0.890. The average Bonchev–Trinajstić information content (AvgIpc) is 3.42. The molecule has 0 saturated carbocycles. The molecule has 29 heavy (non-hydrogen) atoms. The maximum absolute atomic E-state index is 13.3. The maximum Gasteiger partial charge on any atom is 0.291 e. The molecule has 1 amide bonds. The van der Waals surface area contributed by atoms with Crippen molar-refractivity contribution in [3.8, 4) is 16.4 Å². The monoisotopic (exact) mass is 412 g/mol. The van der Waals surface area contributed by atoms with E-state index in [1.807, 2.05) is 17.5 Å². The molecule has 4 rings (SSSR count). The highest BCUT2D eigenvalue weighted by Crippen LogP contribution is 2.26. The lowest BCUT2D eigenvalue weighted by atomic mass is 10.1. The molecule has 0 spiro atoms. The van der Waals surface area contributed by atoms with Gasteiger partial charge in [-0.3, -0.25) is 4.79 Å². The van der Waals surface area contributed by atoms with Gasteiger partial charge in [0.2, 0.25) is 11.7 Å². The molecule has 0 fully saturated rings. The Morgan fingerprint density at radius 1 is 1.21 bits per heavy atom. The third-order valence-corrected chi connectivity index (χ3v) is 5.00. The van der Waals surface area contributed by atoms with Gasteiger partial charge in [0.05, 0.1) is 16.1 Å². The Hall–Kier alpha value is -3.40. The SMILES string of the molecule is Cc1nc(C(C)(C)NC(=O)c2nc(-c3cccs3)n(-c3ccc(F)cc3)n2)no1. The summed E-state index contributed by atoms with van der Waals surface area (Å²) < 4.78 is 19.9. The molecule has 4 aromatic rings. The first-order valence-corrected chi connectivity index (χ1v) is 9.61. The number of hydrogen-bond acceptors (Lipinski definition) is 7. The number of thiophene rings is 1. The fraction of sp³-hybridized carbons (Fsp3) is 0.211. The van der Waals surface area contributed by atoms with Crippen molar-refractivity contribution >= 4 is 17.2 Å². The summed E-state index contributed by atoms with van der Waals surface area (Å²) in [4.78, 5) is 22.3. The van der Waals surface area contributed by atoms with Crippen molar-refractivity contribution < 1.29 is 13.7 Å². The topological polar surface area (TPSA) is 98.7 Å². The smallest absolute Gasteiger partial charge is 0.291 e. The molecule has 148 valence electrons. The number of amides is 1. The normalized spacial score (nSPS) is 11.6. The number of carbonyl (C=O) groups excluding carboxylic acids is 1. The zero-order valence-electron chi connectivity index (χ0n) is 15.9. The van der Waals surface area contributed by atoms with Crippen LogP contribution < -0.4 is 5.32 Å². The standard InChI is InChI=1S/C19H17FN6O2S/c1-11-21-18(25-28-11)19(2,3)23-17(27)15-22-16(14-5-4-10-29-14)26(24-15)13-8-6-12(20)7-9-13/h4-10H,1-3H3,(H,23,27). The van der Waals surface area contributed by atoms with Gasteiger partial charge in [-0.2, -0.15) is 4.98 Å². The number of carbonyl (C=O) groups is 1. The number of hydrogen-bond donors (Lipinski definition) is 1. The second-order valence-electron chi connectivity index (χ2n) is 6.84. The van der Waals surface area contributed by atoms with Gasteiger partial charge in [0.15, 0.2) is 11.6 Å². The molecule has 8 nitrogen and oxygen atoms in total. The molecule has 1 N–H and O–H groups in total. The molecule has 0 aliphatic heterocycles. The van der Waals surface area contributed by atoms with Crippen LogP contribution in [0.5, 0.6) is 0 Å². The van der Waals surface area contributed by atoms with Crippen molar-refractivity contribution in [1.29, 1.82) is 0 Å². The van der Waals surface area contributed by atoms with Crippen LogP contribution in [0.15, 0.2) is 46.3 Å².